The molecule has 23 heavy (non-hydrogen) atoms. The number of hydrogen-bond acceptors (Lipinski definition) is 3. The number of carbonyl (C=O) groups excluding carboxylic acids is 2. The van der Waals surface area contributed by atoms with Crippen molar-refractivity contribution in [1.29, 1.82) is 0 Å². The molecule has 0 fully saturated rings. The van der Waals surface area contributed by atoms with Crippen molar-refractivity contribution in [2.45, 2.75) is 12.3 Å². The molecule has 0 aliphatic rings. The summed E-state index contributed by atoms with van der Waals surface area (Å²) in [5, 5.41) is 5.46. The first-order chi connectivity index (χ1) is 11.2. The molecule has 0 aliphatic carbocycles. The third-order valence-corrected chi connectivity index (χ3v) is 3.64. The van der Waals surface area contributed by atoms with Gasteiger partial charge in [0.05, 0.1) is 12.5 Å². The lowest BCUT2D eigenvalue weighted by Gasteiger charge is -2.19. The van der Waals surface area contributed by atoms with Crippen LogP contribution in [0.2, 0.25) is 0 Å². The summed E-state index contributed by atoms with van der Waals surface area (Å²) < 4.78 is 0. The van der Waals surface area contributed by atoms with Crippen LogP contribution in [0.1, 0.15) is 17.0 Å². The monoisotopic (exact) mass is 311 g/mol. The molecule has 0 saturated carbocycles. The van der Waals surface area contributed by atoms with Gasteiger partial charge in [0.2, 0.25) is 11.8 Å². The number of rotatable bonds is 6. The fourth-order valence-corrected chi connectivity index (χ4v) is 2.48. The largest absolute Gasteiger partial charge is 0.359 e. The smallest absolute Gasteiger partial charge is 0.238 e. The number of likely N-dealkylation sites (N-methyl/N-ethyl adjacent to an activating group) is 1. The van der Waals surface area contributed by atoms with Crippen LogP contribution in [0.4, 0.5) is 5.69 Å². The molecule has 2 aromatic rings. The van der Waals surface area contributed by atoms with Crippen molar-refractivity contribution in [3.63, 3.8) is 0 Å². The predicted molar refractivity (Wildman–Crippen MR) is 91.1 cm³/mol. The van der Waals surface area contributed by atoms with E-state index in [0.29, 0.717) is 12.1 Å². The summed E-state index contributed by atoms with van der Waals surface area (Å²) in [6.07, 6.45) is 0.552. The van der Waals surface area contributed by atoms with E-state index in [2.05, 4.69) is 10.6 Å². The van der Waals surface area contributed by atoms with E-state index in [1.165, 1.54) is 0 Å². The average Bonchev–Trinajstić information content (AvgIpc) is 2.60. The second-order valence-electron chi connectivity index (χ2n) is 5.20. The Kier molecular flexibility index (Phi) is 5.88. The molecule has 1 atom stereocenters. The van der Waals surface area contributed by atoms with Crippen LogP contribution >= 0.6 is 0 Å². The highest BCUT2D eigenvalue weighted by molar-refractivity contribution is 5.94. The summed E-state index contributed by atoms with van der Waals surface area (Å²) in [5.41, 5.74) is 7.81. The summed E-state index contributed by atoms with van der Waals surface area (Å²) in [5.74, 6) is -0.771. The Morgan fingerprint density at radius 1 is 1.04 bits per heavy atom. The van der Waals surface area contributed by atoms with Crippen molar-refractivity contribution in [2.75, 3.05) is 18.9 Å². The van der Waals surface area contributed by atoms with Gasteiger partial charge in [-0.15, -0.1) is 0 Å². The summed E-state index contributed by atoms with van der Waals surface area (Å²) in [6, 6.07) is 17.1. The Labute approximate surface area is 135 Å². The van der Waals surface area contributed by atoms with Gasteiger partial charge in [0.1, 0.15) is 0 Å². The number of benzene rings is 2. The van der Waals surface area contributed by atoms with Crippen LogP contribution in [0.3, 0.4) is 0 Å². The molecule has 0 heterocycles. The summed E-state index contributed by atoms with van der Waals surface area (Å²) in [4.78, 5) is 24.0. The van der Waals surface area contributed by atoms with E-state index in [1.807, 2.05) is 48.5 Å². The Morgan fingerprint density at radius 2 is 1.70 bits per heavy atom. The van der Waals surface area contributed by atoms with Gasteiger partial charge in [-0.2, -0.15) is 0 Å². The highest BCUT2D eigenvalue weighted by atomic mass is 16.2. The minimum Gasteiger partial charge on any atom is -0.359 e. The Balaban J connectivity index is 2.36. The van der Waals surface area contributed by atoms with Crippen LogP contribution in [-0.4, -0.2) is 25.4 Å². The highest BCUT2D eigenvalue weighted by Crippen LogP contribution is 2.28. The molecular weight excluding hydrogens is 290 g/mol. The first-order valence-electron chi connectivity index (χ1n) is 7.50. The fourth-order valence-electron chi connectivity index (χ4n) is 2.48. The SMILES string of the molecule is CNC(=O)C(Cc1ccccc1)c1ccccc1NC(=O)CN. The number of nitrogens with one attached hydrogen (secondary N) is 2. The molecule has 120 valence electrons. The lowest BCUT2D eigenvalue weighted by atomic mass is 9.90. The van der Waals surface area contributed by atoms with Gasteiger partial charge in [-0.05, 0) is 23.6 Å². The maximum absolute atomic E-state index is 12.4. The highest BCUT2D eigenvalue weighted by Gasteiger charge is 2.23. The van der Waals surface area contributed by atoms with Gasteiger partial charge in [-0.1, -0.05) is 48.5 Å². The van der Waals surface area contributed by atoms with Crippen molar-refractivity contribution in [3.8, 4) is 0 Å². The summed E-state index contributed by atoms with van der Waals surface area (Å²) >= 11 is 0. The standard InChI is InChI=1S/C18H21N3O2/c1-20-18(23)15(11-13-7-3-2-4-8-13)14-9-5-6-10-16(14)21-17(22)12-19/h2-10,15H,11-12,19H2,1H3,(H,20,23)(H,21,22). The third kappa shape index (κ3) is 4.40. The van der Waals surface area contributed by atoms with Crippen molar-refractivity contribution in [2.24, 2.45) is 5.73 Å². The van der Waals surface area contributed by atoms with E-state index in [9.17, 15) is 9.59 Å². The van der Waals surface area contributed by atoms with Crippen LogP contribution in [-0.2, 0) is 16.0 Å². The zero-order valence-corrected chi connectivity index (χ0v) is 13.1. The van der Waals surface area contributed by atoms with E-state index in [1.54, 1.807) is 13.1 Å². The van der Waals surface area contributed by atoms with Crippen molar-refractivity contribution >= 4 is 17.5 Å². The lowest BCUT2D eigenvalue weighted by Crippen LogP contribution is -2.29. The van der Waals surface area contributed by atoms with Gasteiger partial charge in [-0.3, -0.25) is 9.59 Å². The minimum atomic E-state index is -0.392. The zero-order valence-electron chi connectivity index (χ0n) is 13.1. The van der Waals surface area contributed by atoms with Crippen LogP contribution in [0.15, 0.2) is 54.6 Å². The number of hydrogen-bond donors (Lipinski definition) is 3. The van der Waals surface area contributed by atoms with Gasteiger partial charge in [-0.25, -0.2) is 0 Å². The maximum atomic E-state index is 12.4. The first kappa shape index (κ1) is 16.7. The summed E-state index contributed by atoms with van der Waals surface area (Å²) in [6.45, 7) is -0.0995. The van der Waals surface area contributed by atoms with E-state index in [0.717, 1.165) is 11.1 Å². The Hall–Kier alpha value is -2.66. The first-order valence-corrected chi connectivity index (χ1v) is 7.50. The normalized spacial score (nSPS) is 11.6. The molecule has 0 bridgehead atoms. The molecule has 2 amide bonds. The van der Waals surface area contributed by atoms with Crippen molar-refractivity contribution in [1.82, 2.24) is 5.32 Å². The van der Waals surface area contributed by atoms with E-state index in [4.69, 9.17) is 5.73 Å². The van der Waals surface area contributed by atoms with Crippen LogP contribution < -0.4 is 16.4 Å². The van der Waals surface area contributed by atoms with Crippen LogP contribution in [0.25, 0.3) is 0 Å². The Morgan fingerprint density at radius 3 is 2.35 bits per heavy atom. The number of carbonyl (C=O) groups is 2. The molecular formula is C18H21N3O2. The fraction of sp³-hybridized carbons (Fsp3) is 0.222. The molecule has 2 aromatic carbocycles. The number of anilines is 1. The summed E-state index contributed by atoms with van der Waals surface area (Å²) in [7, 11) is 1.61. The molecule has 5 heteroatoms. The predicted octanol–water partition coefficient (Wildman–Crippen LogP) is 1.66. The second kappa shape index (κ2) is 8.10. The maximum Gasteiger partial charge on any atom is 0.238 e. The van der Waals surface area contributed by atoms with Gasteiger partial charge in [0.15, 0.2) is 0 Å². The number of para-hydroxylation sites is 1. The lowest BCUT2D eigenvalue weighted by molar-refractivity contribution is -0.122. The molecule has 1 unspecified atom stereocenters. The van der Waals surface area contributed by atoms with Crippen LogP contribution in [0, 0.1) is 0 Å². The quantitative estimate of drug-likeness (QED) is 0.758. The molecule has 0 aromatic heterocycles. The van der Waals surface area contributed by atoms with Gasteiger partial charge in [0.25, 0.3) is 0 Å². The topological polar surface area (TPSA) is 84.2 Å². The van der Waals surface area contributed by atoms with Gasteiger partial charge in [0, 0.05) is 12.7 Å². The van der Waals surface area contributed by atoms with E-state index in [-0.39, 0.29) is 18.4 Å². The van der Waals surface area contributed by atoms with Gasteiger partial charge < -0.3 is 16.4 Å². The molecule has 0 radical (unpaired) electrons. The van der Waals surface area contributed by atoms with Crippen molar-refractivity contribution < 1.29 is 9.59 Å². The molecule has 0 aliphatic heterocycles. The number of nitrogens with two attached hydrogens (primary N) is 1. The van der Waals surface area contributed by atoms with Crippen LogP contribution in [0.5, 0.6) is 0 Å². The van der Waals surface area contributed by atoms with Gasteiger partial charge >= 0.3 is 0 Å². The average molecular weight is 311 g/mol. The molecule has 4 N–H and O–H groups in total. The number of amides is 2. The second-order valence-corrected chi connectivity index (χ2v) is 5.20. The van der Waals surface area contributed by atoms with E-state index < -0.39 is 5.92 Å². The van der Waals surface area contributed by atoms with E-state index >= 15 is 0 Å². The molecule has 0 saturated heterocycles. The Bertz CT molecular complexity index is 671. The molecule has 2 rings (SSSR count). The third-order valence-electron chi connectivity index (χ3n) is 3.64. The minimum absolute atomic E-state index is 0.0942. The zero-order chi connectivity index (χ0) is 16.7. The van der Waals surface area contributed by atoms with Crippen molar-refractivity contribution in [3.05, 3.63) is 65.7 Å². The molecule has 0 spiro atoms. The molecule has 5 nitrogen and oxygen atoms in total.